The van der Waals surface area contributed by atoms with E-state index in [4.69, 9.17) is 9.84 Å². The second kappa shape index (κ2) is 11.1. The molecule has 11 nitrogen and oxygen atoms in total. The zero-order chi connectivity index (χ0) is 25.9. The van der Waals surface area contributed by atoms with Gasteiger partial charge in [-0.05, 0) is 31.0 Å². The summed E-state index contributed by atoms with van der Waals surface area (Å²) in [6, 6.07) is 4.62. The van der Waals surface area contributed by atoms with Gasteiger partial charge < -0.3 is 9.84 Å². The van der Waals surface area contributed by atoms with E-state index in [1.54, 1.807) is 13.1 Å². The van der Waals surface area contributed by atoms with Crippen LogP contribution >= 0.6 is 0 Å². The monoisotopic (exact) mass is 517 g/mol. The first-order valence-corrected chi connectivity index (χ1v) is 13.7. The fraction of sp³-hybridized carbons (Fsp3) is 0.542. The standard InChI is InChI=1S/C24H33N6O5S/c1-4-6-19-21-22(28(3)27-19)24(32)26-23(25-21)18-16-17(7-8-20(18)35-15-5-2)36(33,34)30-11-9-29(10-12-30)13-14-31/h7-8,16,31H,4-6,9-15H2,1-3H3. The zero-order valence-electron chi connectivity index (χ0n) is 21.0. The van der Waals surface area contributed by atoms with E-state index < -0.39 is 15.9 Å². The van der Waals surface area contributed by atoms with Crippen LogP contribution in [0, 0.1) is 0 Å². The summed E-state index contributed by atoms with van der Waals surface area (Å²) in [6.07, 6.45) is 2.25. The molecule has 0 spiro atoms. The molecule has 1 aromatic heterocycles. The number of piperazine rings is 1. The molecule has 2 aliphatic rings. The normalized spacial score (nSPS) is 17.0. The number of ether oxygens (including phenoxy) is 1. The second-order valence-electron chi connectivity index (χ2n) is 8.85. The first-order chi connectivity index (χ1) is 17.3. The van der Waals surface area contributed by atoms with Crippen LogP contribution in [0.25, 0.3) is 0 Å². The molecule has 1 amide bonds. The summed E-state index contributed by atoms with van der Waals surface area (Å²) in [4.78, 5) is 19.7. The number of sulfonamides is 1. The Bertz CT molecular complexity index is 1250. The number of hydrogen-bond acceptors (Lipinski definition) is 8. The number of fused-ring (bicyclic) bond motifs is 1. The highest BCUT2D eigenvalue weighted by Crippen LogP contribution is 2.32. The summed E-state index contributed by atoms with van der Waals surface area (Å²) in [5.74, 6) is 0.0686. The van der Waals surface area contributed by atoms with Crippen LogP contribution in [0.15, 0.2) is 28.1 Å². The van der Waals surface area contributed by atoms with Gasteiger partial charge in [-0.15, -0.1) is 0 Å². The highest BCUT2D eigenvalue weighted by molar-refractivity contribution is 7.89. The lowest BCUT2D eigenvalue weighted by atomic mass is 10.1. The molecule has 0 atom stereocenters. The highest BCUT2D eigenvalue weighted by Gasteiger charge is 2.33. The van der Waals surface area contributed by atoms with Crippen molar-refractivity contribution in [1.29, 1.82) is 0 Å². The molecule has 1 N–H and O–H groups in total. The lowest BCUT2D eigenvalue weighted by Gasteiger charge is -2.33. The Morgan fingerprint density at radius 1 is 1.11 bits per heavy atom. The van der Waals surface area contributed by atoms with Crippen LogP contribution in [0.5, 0.6) is 5.75 Å². The molecule has 12 heteroatoms. The van der Waals surface area contributed by atoms with Gasteiger partial charge in [0.1, 0.15) is 11.4 Å². The summed E-state index contributed by atoms with van der Waals surface area (Å²) in [5.41, 5.74) is 1.86. The van der Waals surface area contributed by atoms with E-state index >= 15 is 0 Å². The van der Waals surface area contributed by atoms with Crippen molar-refractivity contribution in [1.82, 2.24) is 24.3 Å². The average molecular weight is 518 g/mol. The van der Waals surface area contributed by atoms with E-state index in [2.05, 4.69) is 15.4 Å². The number of aryl methyl sites for hydroxylation is 2. The minimum atomic E-state index is -3.79. The number of aliphatic imine (C=N–C) groups is 1. The Kier molecular flexibility index (Phi) is 8.08. The van der Waals surface area contributed by atoms with Crippen LogP contribution in [-0.4, -0.2) is 90.2 Å². The number of nitrogens with zero attached hydrogens (tertiary/aromatic N) is 6. The Morgan fingerprint density at radius 3 is 2.53 bits per heavy atom. The fourth-order valence-corrected chi connectivity index (χ4v) is 5.85. The number of carbonyl (C=O) groups is 1. The van der Waals surface area contributed by atoms with Gasteiger partial charge >= 0.3 is 0 Å². The van der Waals surface area contributed by atoms with Gasteiger partial charge in [-0.25, -0.2) is 13.4 Å². The topological polar surface area (TPSA) is 131 Å². The lowest BCUT2D eigenvalue weighted by molar-refractivity contribution is 0.0963. The Balaban J connectivity index is 1.73. The summed E-state index contributed by atoms with van der Waals surface area (Å²) >= 11 is 0. The Hall–Kier alpha value is -2.80. The smallest absolute Gasteiger partial charge is 0.299 e. The number of aromatic nitrogens is 2. The molecule has 36 heavy (non-hydrogen) atoms. The van der Waals surface area contributed by atoms with Gasteiger partial charge in [-0.3, -0.25) is 14.4 Å². The van der Waals surface area contributed by atoms with Gasteiger partial charge in [-0.2, -0.15) is 14.7 Å². The predicted molar refractivity (Wildman–Crippen MR) is 134 cm³/mol. The number of hydrogen-bond donors (Lipinski definition) is 1. The number of amidine groups is 1. The fourth-order valence-electron chi connectivity index (χ4n) is 4.40. The molecule has 1 radical (unpaired) electrons. The van der Waals surface area contributed by atoms with Gasteiger partial charge in [0.25, 0.3) is 5.91 Å². The molecule has 0 unspecified atom stereocenters. The molecule has 3 heterocycles. The van der Waals surface area contributed by atoms with E-state index in [9.17, 15) is 13.2 Å². The third kappa shape index (κ3) is 5.17. The third-order valence-electron chi connectivity index (χ3n) is 6.25. The molecule has 195 valence electrons. The number of benzene rings is 1. The van der Waals surface area contributed by atoms with Crippen molar-refractivity contribution >= 4 is 27.5 Å². The molecule has 4 rings (SSSR count). The van der Waals surface area contributed by atoms with Crippen LogP contribution in [-0.2, 0) is 23.5 Å². The number of aliphatic hydroxyl groups is 1. The van der Waals surface area contributed by atoms with Crippen molar-refractivity contribution in [2.75, 3.05) is 45.9 Å². The lowest BCUT2D eigenvalue weighted by Crippen LogP contribution is -2.49. The maximum Gasteiger partial charge on any atom is 0.299 e. The first-order valence-electron chi connectivity index (χ1n) is 12.3. The van der Waals surface area contributed by atoms with Crippen molar-refractivity contribution in [3.8, 4) is 5.75 Å². The van der Waals surface area contributed by atoms with E-state index in [1.165, 1.54) is 21.1 Å². The van der Waals surface area contributed by atoms with Gasteiger partial charge in [0.05, 0.1) is 29.4 Å². The van der Waals surface area contributed by atoms with Crippen LogP contribution in [0.4, 0.5) is 5.69 Å². The molecule has 1 saturated heterocycles. The maximum absolute atomic E-state index is 13.5. The molecular formula is C24H33N6O5S. The molecule has 1 fully saturated rings. The minimum Gasteiger partial charge on any atom is -0.493 e. The van der Waals surface area contributed by atoms with Crippen molar-refractivity contribution in [2.45, 2.75) is 38.0 Å². The van der Waals surface area contributed by atoms with Gasteiger partial charge in [0.2, 0.25) is 10.0 Å². The van der Waals surface area contributed by atoms with Crippen LogP contribution in [0.2, 0.25) is 0 Å². The molecule has 0 bridgehead atoms. The van der Waals surface area contributed by atoms with Crippen LogP contribution < -0.4 is 10.1 Å². The average Bonchev–Trinajstić information content (AvgIpc) is 3.18. The molecule has 0 aliphatic carbocycles. The van der Waals surface area contributed by atoms with Gasteiger partial charge in [0.15, 0.2) is 11.5 Å². The number of aliphatic hydroxyl groups excluding tert-OH is 1. The number of amides is 1. The Morgan fingerprint density at radius 2 is 1.86 bits per heavy atom. The second-order valence-corrected chi connectivity index (χ2v) is 10.8. The van der Waals surface area contributed by atoms with Gasteiger partial charge in [-0.1, -0.05) is 20.3 Å². The minimum absolute atomic E-state index is 0.0400. The molecule has 2 aliphatic heterocycles. The van der Waals surface area contributed by atoms with Crippen molar-refractivity contribution < 1.29 is 23.1 Å². The van der Waals surface area contributed by atoms with E-state index in [0.29, 0.717) is 74.1 Å². The van der Waals surface area contributed by atoms with E-state index in [1.807, 2.05) is 18.7 Å². The molecule has 0 saturated carbocycles. The summed E-state index contributed by atoms with van der Waals surface area (Å²) in [5, 5.41) is 17.8. The Labute approximate surface area is 211 Å². The summed E-state index contributed by atoms with van der Waals surface area (Å²) < 4.78 is 35.8. The van der Waals surface area contributed by atoms with Crippen molar-refractivity contribution in [3.05, 3.63) is 35.2 Å². The van der Waals surface area contributed by atoms with E-state index in [-0.39, 0.29) is 17.3 Å². The highest BCUT2D eigenvalue weighted by atomic mass is 32.2. The first kappa shape index (κ1) is 26.3. The SMILES string of the molecule is CCCOc1ccc(S(=O)(=O)N2CCN(CCO)CC2)cc1C1=Nc2c(CCC)nn(C)c2C(=O)[N]1. The predicted octanol–water partition coefficient (Wildman–Crippen LogP) is 1.30. The van der Waals surface area contributed by atoms with Crippen molar-refractivity contribution in [2.24, 2.45) is 12.0 Å². The largest absolute Gasteiger partial charge is 0.493 e. The third-order valence-corrected chi connectivity index (χ3v) is 8.14. The zero-order valence-corrected chi connectivity index (χ0v) is 21.8. The van der Waals surface area contributed by atoms with Crippen LogP contribution in [0.1, 0.15) is 48.4 Å². The number of β-amino-alcohol motifs (C(OH)–C–C–N with tert-alkyl or cyclic N) is 1. The quantitative estimate of drug-likeness (QED) is 0.502. The van der Waals surface area contributed by atoms with Crippen LogP contribution in [0.3, 0.4) is 0 Å². The molecule has 1 aromatic carbocycles. The number of rotatable bonds is 10. The molecule has 2 aromatic rings. The number of carbonyl (C=O) groups excluding carboxylic acids is 1. The molecular weight excluding hydrogens is 484 g/mol. The summed E-state index contributed by atoms with van der Waals surface area (Å²) in [6.45, 7) is 6.73. The summed E-state index contributed by atoms with van der Waals surface area (Å²) in [7, 11) is -2.11. The van der Waals surface area contributed by atoms with Crippen molar-refractivity contribution in [3.63, 3.8) is 0 Å². The van der Waals surface area contributed by atoms with Gasteiger partial charge in [0, 0.05) is 39.8 Å². The van der Waals surface area contributed by atoms with E-state index in [0.717, 1.165) is 12.8 Å². The maximum atomic E-state index is 13.5.